The van der Waals surface area contributed by atoms with Crippen molar-refractivity contribution in [2.24, 2.45) is 0 Å². The zero-order chi connectivity index (χ0) is 12.5. The summed E-state index contributed by atoms with van der Waals surface area (Å²) in [5.41, 5.74) is 2.18. The maximum atomic E-state index is 5.95. The molecule has 1 aromatic heterocycles. The highest BCUT2D eigenvalue weighted by Crippen LogP contribution is 2.29. The number of H-pyrrole nitrogens is 1. The molecule has 1 aromatic carbocycles. The van der Waals surface area contributed by atoms with Crippen molar-refractivity contribution in [1.29, 1.82) is 0 Å². The average Bonchev–Trinajstić information content (AvgIpc) is 2.98. The van der Waals surface area contributed by atoms with E-state index in [0.717, 1.165) is 40.9 Å². The first kappa shape index (κ1) is 12.0. The molecule has 3 rings (SSSR count). The van der Waals surface area contributed by atoms with Gasteiger partial charge in [-0.25, -0.2) is 4.98 Å². The molecular weight excluding hydrogens is 289 g/mol. The van der Waals surface area contributed by atoms with E-state index in [4.69, 9.17) is 7.98 Å². The third kappa shape index (κ3) is 2.25. The zero-order valence-corrected chi connectivity index (χ0v) is 11.5. The molecule has 5 heteroatoms. The molecular formula is C13H13BBrN3. The summed E-state index contributed by atoms with van der Waals surface area (Å²) in [6, 6.07) is 8.42. The third-order valence-electron chi connectivity index (χ3n) is 3.36. The minimum atomic E-state index is 0.231. The molecule has 0 unspecified atom stereocenters. The van der Waals surface area contributed by atoms with Gasteiger partial charge in [-0.05, 0) is 37.1 Å². The Morgan fingerprint density at radius 1 is 1.33 bits per heavy atom. The lowest BCUT2D eigenvalue weighted by Gasteiger charge is -2.17. The highest BCUT2D eigenvalue weighted by Gasteiger charge is 2.24. The van der Waals surface area contributed by atoms with E-state index in [0.29, 0.717) is 0 Å². The van der Waals surface area contributed by atoms with Crippen LogP contribution in [0.5, 0.6) is 0 Å². The molecule has 2 heterocycles. The lowest BCUT2D eigenvalue weighted by molar-refractivity contribution is 0.418. The largest absolute Gasteiger partial charge is 0.345 e. The number of aromatic amines is 1. The highest BCUT2D eigenvalue weighted by atomic mass is 79.9. The second-order valence-electron chi connectivity index (χ2n) is 4.58. The molecule has 1 aliphatic heterocycles. The average molecular weight is 302 g/mol. The van der Waals surface area contributed by atoms with Gasteiger partial charge in [-0.2, -0.15) is 0 Å². The second-order valence-corrected chi connectivity index (χ2v) is 5.50. The van der Waals surface area contributed by atoms with Gasteiger partial charge in [0.05, 0.1) is 17.9 Å². The van der Waals surface area contributed by atoms with E-state index < -0.39 is 0 Å². The molecule has 1 atom stereocenters. The lowest BCUT2D eigenvalue weighted by atomic mass is 10.1. The molecule has 1 fully saturated rings. The van der Waals surface area contributed by atoms with Crippen molar-refractivity contribution in [3.05, 3.63) is 40.8 Å². The van der Waals surface area contributed by atoms with Crippen LogP contribution in [0.2, 0.25) is 0 Å². The van der Waals surface area contributed by atoms with Crippen molar-refractivity contribution in [3.8, 4) is 11.3 Å². The number of benzene rings is 1. The molecule has 0 bridgehead atoms. The Morgan fingerprint density at radius 3 is 2.78 bits per heavy atom. The molecule has 0 saturated carbocycles. The van der Waals surface area contributed by atoms with Gasteiger partial charge in [0.1, 0.15) is 5.82 Å². The molecule has 0 aliphatic carbocycles. The van der Waals surface area contributed by atoms with Crippen LogP contribution in [0.3, 0.4) is 0 Å². The smallest absolute Gasteiger partial charge is 0.183 e. The SMILES string of the molecule is [B]N1CCC[C@H]1c1ncc(-c2ccc(Br)cc2)[nH]1. The first-order valence-corrected chi connectivity index (χ1v) is 6.85. The van der Waals surface area contributed by atoms with E-state index >= 15 is 0 Å². The summed E-state index contributed by atoms with van der Waals surface area (Å²) in [5, 5.41) is 0. The van der Waals surface area contributed by atoms with Crippen LogP contribution < -0.4 is 0 Å². The number of hydrogen-bond donors (Lipinski definition) is 1. The van der Waals surface area contributed by atoms with E-state index in [1.165, 1.54) is 0 Å². The van der Waals surface area contributed by atoms with Crippen LogP contribution in [0.1, 0.15) is 24.7 Å². The van der Waals surface area contributed by atoms with Gasteiger partial charge in [-0.1, -0.05) is 28.1 Å². The number of nitrogens with zero attached hydrogens (tertiary/aromatic N) is 2. The quantitative estimate of drug-likeness (QED) is 0.865. The van der Waals surface area contributed by atoms with Gasteiger partial charge in [-0.3, -0.25) is 0 Å². The predicted molar refractivity (Wildman–Crippen MR) is 76.2 cm³/mol. The van der Waals surface area contributed by atoms with Crippen molar-refractivity contribution < 1.29 is 0 Å². The van der Waals surface area contributed by atoms with Crippen LogP contribution in [0.25, 0.3) is 11.3 Å². The molecule has 2 radical (unpaired) electrons. The van der Waals surface area contributed by atoms with Crippen LogP contribution in [0.4, 0.5) is 0 Å². The van der Waals surface area contributed by atoms with Crippen molar-refractivity contribution in [3.63, 3.8) is 0 Å². The van der Waals surface area contributed by atoms with Crippen LogP contribution in [-0.2, 0) is 0 Å². The first-order chi connectivity index (χ1) is 8.74. The zero-order valence-electron chi connectivity index (χ0n) is 9.94. The standard InChI is InChI=1S/C13H13BBrN3/c14-18-7-1-2-12(18)13-16-8-11(17-13)9-3-5-10(15)6-4-9/h3-6,8,12H,1-2,7H2,(H,16,17)/t12-/m0/s1. The summed E-state index contributed by atoms with van der Waals surface area (Å²) < 4.78 is 1.08. The van der Waals surface area contributed by atoms with E-state index in [-0.39, 0.29) is 6.04 Å². The monoisotopic (exact) mass is 301 g/mol. The van der Waals surface area contributed by atoms with Crippen molar-refractivity contribution in [2.75, 3.05) is 6.54 Å². The third-order valence-corrected chi connectivity index (χ3v) is 3.89. The van der Waals surface area contributed by atoms with Gasteiger partial charge in [0.25, 0.3) is 0 Å². The maximum absolute atomic E-state index is 5.95. The molecule has 3 nitrogen and oxygen atoms in total. The Morgan fingerprint density at radius 2 is 2.11 bits per heavy atom. The Kier molecular flexibility index (Phi) is 3.26. The van der Waals surface area contributed by atoms with Gasteiger partial charge in [-0.15, -0.1) is 0 Å². The molecule has 90 valence electrons. The summed E-state index contributed by atoms with van der Waals surface area (Å²) >= 11 is 3.44. The van der Waals surface area contributed by atoms with E-state index in [2.05, 4.69) is 38.0 Å². The number of hydrogen-bond acceptors (Lipinski definition) is 2. The lowest BCUT2D eigenvalue weighted by Crippen LogP contribution is -2.20. The fraction of sp³-hybridized carbons (Fsp3) is 0.308. The highest BCUT2D eigenvalue weighted by molar-refractivity contribution is 9.10. The van der Waals surface area contributed by atoms with E-state index in [9.17, 15) is 0 Å². The number of aromatic nitrogens is 2. The molecule has 0 spiro atoms. The van der Waals surface area contributed by atoms with Crippen LogP contribution in [0, 0.1) is 0 Å². The second kappa shape index (κ2) is 4.90. The molecule has 2 aromatic rings. The minimum Gasteiger partial charge on any atom is -0.345 e. The Hall–Kier alpha value is -1.07. The molecule has 0 amide bonds. The normalized spacial score (nSPS) is 20.4. The van der Waals surface area contributed by atoms with Crippen LogP contribution >= 0.6 is 15.9 Å². The van der Waals surface area contributed by atoms with Crippen molar-refractivity contribution in [2.45, 2.75) is 18.9 Å². The van der Waals surface area contributed by atoms with Crippen molar-refractivity contribution >= 4 is 23.9 Å². The molecule has 1 aliphatic rings. The number of halogens is 1. The minimum absolute atomic E-state index is 0.231. The maximum Gasteiger partial charge on any atom is 0.183 e. The van der Waals surface area contributed by atoms with Crippen molar-refractivity contribution in [1.82, 2.24) is 14.8 Å². The van der Waals surface area contributed by atoms with Gasteiger partial charge in [0.15, 0.2) is 7.98 Å². The van der Waals surface area contributed by atoms with Gasteiger partial charge in [0, 0.05) is 4.47 Å². The van der Waals surface area contributed by atoms with Gasteiger partial charge < -0.3 is 9.79 Å². The van der Waals surface area contributed by atoms with E-state index in [1.54, 1.807) is 0 Å². The first-order valence-electron chi connectivity index (χ1n) is 6.06. The molecule has 18 heavy (non-hydrogen) atoms. The number of nitrogens with one attached hydrogen (secondary N) is 1. The summed E-state index contributed by atoms with van der Waals surface area (Å²) in [7, 11) is 5.95. The fourth-order valence-corrected chi connectivity index (χ4v) is 2.63. The Balaban J connectivity index is 1.87. The number of rotatable bonds is 2. The van der Waals surface area contributed by atoms with Crippen LogP contribution in [-0.4, -0.2) is 29.3 Å². The van der Waals surface area contributed by atoms with Gasteiger partial charge >= 0.3 is 0 Å². The topological polar surface area (TPSA) is 31.9 Å². The Labute approximate surface area is 116 Å². The van der Waals surface area contributed by atoms with E-state index in [1.807, 2.05) is 23.1 Å². The summed E-state index contributed by atoms with van der Waals surface area (Å²) in [5.74, 6) is 0.966. The predicted octanol–water partition coefficient (Wildman–Crippen LogP) is 3.06. The number of imidazole rings is 1. The fourth-order valence-electron chi connectivity index (χ4n) is 2.36. The molecule has 1 N–H and O–H groups in total. The van der Waals surface area contributed by atoms with Crippen LogP contribution in [0.15, 0.2) is 34.9 Å². The Bertz CT molecular complexity index is 537. The van der Waals surface area contributed by atoms with Gasteiger partial charge in [0.2, 0.25) is 0 Å². The summed E-state index contributed by atoms with van der Waals surface area (Å²) in [4.78, 5) is 9.70. The summed E-state index contributed by atoms with van der Waals surface area (Å²) in [6.07, 6.45) is 4.09. The summed E-state index contributed by atoms with van der Waals surface area (Å²) in [6.45, 7) is 0.943. The molecule has 1 saturated heterocycles.